The van der Waals surface area contributed by atoms with Crippen LogP contribution < -0.4 is 5.32 Å². The molecule has 1 fully saturated rings. The lowest BCUT2D eigenvalue weighted by atomic mass is 10.1. The molecule has 2 aromatic rings. The SMILES string of the molecule is Cc1ccc2[nH]c(CCCNC(=O)[C@@H](C)CN3CCOCC3)nc2c1C. The zero-order chi connectivity index (χ0) is 18.5. The quantitative estimate of drug-likeness (QED) is 0.745. The molecule has 1 amide bonds. The highest BCUT2D eigenvalue weighted by Crippen LogP contribution is 2.19. The van der Waals surface area contributed by atoms with Crippen molar-refractivity contribution in [2.24, 2.45) is 5.92 Å². The van der Waals surface area contributed by atoms with E-state index in [2.05, 4.69) is 41.2 Å². The summed E-state index contributed by atoms with van der Waals surface area (Å²) in [5.74, 6) is 1.13. The maximum Gasteiger partial charge on any atom is 0.224 e. The van der Waals surface area contributed by atoms with Crippen LogP contribution in [0, 0.1) is 19.8 Å². The largest absolute Gasteiger partial charge is 0.379 e. The van der Waals surface area contributed by atoms with Crippen molar-refractivity contribution in [2.45, 2.75) is 33.6 Å². The lowest BCUT2D eigenvalue weighted by Gasteiger charge is -2.28. The van der Waals surface area contributed by atoms with Crippen molar-refractivity contribution in [3.05, 3.63) is 29.1 Å². The van der Waals surface area contributed by atoms with Gasteiger partial charge < -0.3 is 15.0 Å². The van der Waals surface area contributed by atoms with Crippen LogP contribution in [0.15, 0.2) is 12.1 Å². The van der Waals surface area contributed by atoms with Gasteiger partial charge in [0.05, 0.1) is 24.2 Å². The molecule has 142 valence electrons. The highest BCUT2D eigenvalue weighted by Gasteiger charge is 2.18. The molecule has 6 nitrogen and oxygen atoms in total. The van der Waals surface area contributed by atoms with Crippen LogP contribution in [0.4, 0.5) is 0 Å². The smallest absolute Gasteiger partial charge is 0.224 e. The zero-order valence-corrected chi connectivity index (χ0v) is 16.1. The summed E-state index contributed by atoms with van der Waals surface area (Å²) in [4.78, 5) is 22.7. The third kappa shape index (κ3) is 4.62. The maximum absolute atomic E-state index is 12.3. The number of nitrogens with one attached hydrogen (secondary N) is 2. The molecule has 6 heteroatoms. The van der Waals surface area contributed by atoms with Gasteiger partial charge in [0.1, 0.15) is 5.82 Å². The zero-order valence-electron chi connectivity index (χ0n) is 16.1. The minimum Gasteiger partial charge on any atom is -0.379 e. The summed E-state index contributed by atoms with van der Waals surface area (Å²) in [6.07, 6.45) is 1.72. The molecule has 1 saturated heterocycles. The van der Waals surface area contributed by atoms with Gasteiger partial charge in [-0.15, -0.1) is 0 Å². The van der Waals surface area contributed by atoms with Crippen molar-refractivity contribution < 1.29 is 9.53 Å². The summed E-state index contributed by atoms with van der Waals surface area (Å²) in [5, 5.41) is 3.06. The van der Waals surface area contributed by atoms with Crippen molar-refractivity contribution in [1.29, 1.82) is 0 Å². The number of ether oxygens (including phenoxy) is 1. The average Bonchev–Trinajstić information content (AvgIpc) is 3.06. The lowest BCUT2D eigenvalue weighted by Crippen LogP contribution is -2.42. The topological polar surface area (TPSA) is 70.2 Å². The third-order valence-corrected chi connectivity index (χ3v) is 5.20. The van der Waals surface area contributed by atoms with E-state index in [1.165, 1.54) is 11.1 Å². The van der Waals surface area contributed by atoms with Gasteiger partial charge in [-0.25, -0.2) is 4.98 Å². The summed E-state index contributed by atoms with van der Waals surface area (Å²) < 4.78 is 5.35. The van der Waals surface area contributed by atoms with Crippen LogP contribution in [0.1, 0.15) is 30.3 Å². The third-order valence-electron chi connectivity index (χ3n) is 5.20. The predicted molar refractivity (Wildman–Crippen MR) is 103 cm³/mol. The van der Waals surface area contributed by atoms with E-state index < -0.39 is 0 Å². The Morgan fingerprint density at radius 2 is 2.12 bits per heavy atom. The first kappa shape index (κ1) is 18.9. The van der Waals surface area contributed by atoms with E-state index in [9.17, 15) is 4.79 Å². The van der Waals surface area contributed by atoms with Crippen LogP contribution >= 0.6 is 0 Å². The van der Waals surface area contributed by atoms with Crippen molar-refractivity contribution >= 4 is 16.9 Å². The number of imidazole rings is 1. The molecule has 0 radical (unpaired) electrons. The van der Waals surface area contributed by atoms with Crippen LogP contribution in [0.2, 0.25) is 0 Å². The summed E-state index contributed by atoms with van der Waals surface area (Å²) in [7, 11) is 0. The fraction of sp³-hybridized carbons (Fsp3) is 0.600. The number of fused-ring (bicyclic) bond motifs is 1. The predicted octanol–water partition coefficient (Wildman–Crippen LogP) is 2.20. The Morgan fingerprint density at radius 3 is 2.88 bits per heavy atom. The molecular weight excluding hydrogens is 328 g/mol. The van der Waals surface area contributed by atoms with Gasteiger partial charge in [-0.3, -0.25) is 9.69 Å². The molecule has 2 N–H and O–H groups in total. The molecule has 1 aromatic carbocycles. The van der Waals surface area contributed by atoms with E-state index in [0.29, 0.717) is 6.54 Å². The summed E-state index contributed by atoms with van der Waals surface area (Å²) in [6.45, 7) is 11.1. The number of aromatic nitrogens is 2. The second-order valence-electron chi connectivity index (χ2n) is 7.30. The van der Waals surface area contributed by atoms with Crippen LogP contribution in [0.25, 0.3) is 11.0 Å². The molecule has 1 aliphatic heterocycles. The summed E-state index contributed by atoms with van der Waals surface area (Å²) >= 11 is 0. The number of carbonyl (C=O) groups excluding carboxylic acids is 1. The number of benzene rings is 1. The fourth-order valence-corrected chi connectivity index (χ4v) is 3.38. The number of aryl methyl sites for hydroxylation is 3. The van der Waals surface area contributed by atoms with Crippen molar-refractivity contribution in [3.8, 4) is 0 Å². The molecule has 0 aliphatic carbocycles. The highest BCUT2D eigenvalue weighted by atomic mass is 16.5. The minimum absolute atomic E-state index is 0.00456. The first-order valence-corrected chi connectivity index (χ1v) is 9.57. The van der Waals surface area contributed by atoms with Crippen molar-refractivity contribution in [2.75, 3.05) is 39.4 Å². The van der Waals surface area contributed by atoms with E-state index in [4.69, 9.17) is 9.72 Å². The Kier molecular flexibility index (Phi) is 6.27. The number of H-pyrrole nitrogens is 1. The van der Waals surface area contributed by atoms with Gasteiger partial charge in [0, 0.05) is 38.5 Å². The first-order valence-electron chi connectivity index (χ1n) is 9.57. The number of rotatable bonds is 7. The average molecular weight is 358 g/mol. The Labute approximate surface area is 155 Å². The molecule has 1 aromatic heterocycles. The van der Waals surface area contributed by atoms with Gasteiger partial charge in [0.15, 0.2) is 0 Å². The number of hydrogen-bond acceptors (Lipinski definition) is 4. The van der Waals surface area contributed by atoms with Gasteiger partial charge in [0.2, 0.25) is 5.91 Å². The molecule has 2 heterocycles. The number of carbonyl (C=O) groups is 1. The van der Waals surface area contributed by atoms with Gasteiger partial charge in [-0.1, -0.05) is 13.0 Å². The van der Waals surface area contributed by atoms with E-state index >= 15 is 0 Å². The minimum atomic E-state index is 0.00456. The monoisotopic (exact) mass is 358 g/mol. The molecule has 1 aliphatic rings. The van der Waals surface area contributed by atoms with Gasteiger partial charge >= 0.3 is 0 Å². The number of morpholine rings is 1. The van der Waals surface area contributed by atoms with Crippen molar-refractivity contribution in [1.82, 2.24) is 20.2 Å². The Bertz CT molecular complexity index is 750. The van der Waals surface area contributed by atoms with E-state index in [1.54, 1.807) is 0 Å². The number of aromatic amines is 1. The lowest BCUT2D eigenvalue weighted by molar-refractivity contribution is -0.125. The Morgan fingerprint density at radius 1 is 1.35 bits per heavy atom. The van der Waals surface area contributed by atoms with E-state index in [0.717, 1.165) is 62.5 Å². The molecule has 1 atom stereocenters. The standard InChI is InChI=1S/C20H30N4O2/c1-14-6-7-17-19(16(14)3)23-18(22-17)5-4-8-21-20(25)15(2)13-24-9-11-26-12-10-24/h6-7,15H,4-5,8-13H2,1-3H3,(H,21,25)(H,22,23)/t15-/m0/s1. The Balaban J connectivity index is 1.42. The van der Waals surface area contributed by atoms with Crippen LogP contribution in [-0.4, -0.2) is 60.2 Å². The molecule has 0 saturated carbocycles. The summed E-state index contributed by atoms with van der Waals surface area (Å²) in [5.41, 5.74) is 4.64. The second-order valence-corrected chi connectivity index (χ2v) is 7.30. The molecular formula is C20H30N4O2. The highest BCUT2D eigenvalue weighted by molar-refractivity contribution is 5.80. The first-order chi connectivity index (χ1) is 12.5. The van der Waals surface area contributed by atoms with Gasteiger partial charge in [0.25, 0.3) is 0 Å². The van der Waals surface area contributed by atoms with Crippen LogP contribution in [0.5, 0.6) is 0 Å². The number of hydrogen-bond donors (Lipinski definition) is 2. The van der Waals surface area contributed by atoms with Crippen LogP contribution in [-0.2, 0) is 16.0 Å². The van der Waals surface area contributed by atoms with Gasteiger partial charge in [-0.05, 0) is 37.5 Å². The second kappa shape index (κ2) is 8.64. The molecule has 3 rings (SSSR count). The number of nitrogens with zero attached hydrogens (tertiary/aromatic N) is 2. The van der Waals surface area contributed by atoms with Crippen molar-refractivity contribution in [3.63, 3.8) is 0 Å². The number of amides is 1. The fourth-order valence-electron chi connectivity index (χ4n) is 3.38. The molecule has 0 spiro atoms. The molecule has 26 heavy (non-hydrogen) atoms. The molecule has 0 unspecified atom stereocenters. The van der Waals surface area contributed by atoms with E-state index in [-0.39, 0.29) is 11.8 Å². The maximum atomic E-state index is 12.3. The Hall–Kier alpha value is -1.92. The summed E-state index contributed by atoms with van der Waals surface area (Å²) in [6, 6.07) is 4.21. The normalized spacial score (nSPS) is 16.7. The molecule has 0 bridgehead atoms. The van der Waals surface area contributed by atoms with Gasteiger partial charge in [-0.2, -0.15) is 0 Å². The van der Waals surface area contributed by atoms with Crippen LogP contribution in [0.3, 0.4) is 0 Å². The van der Waals surface area contributed by atoms with E-state index in [1.807, 2.05) is 6.92 Å².